The van der Waals surface area contributed by atoms with E-state index < -0.39 is 0 Å². The van der Waals surface area contributed by atoms with Crippen molar-refractivity contribution in [3.63, 3.8) is 0 Å². The Balaban J connectivity index is 1.60. The maximum Gasteiger partial charge on any atom is 0.256 e. The van der Waals surface area contributed by atoms with Gasteiger partial charge in [-0.05, 0) is 39.8 Å². The number of aryl methyl sites for hydroxylation is 2. The summed E-state index contributed by atoms with van der Waals surface area (Å²) < 4.78 is 19.0. The summed E-state index contributed by atoms with van der Waals surface area (Å²) in [6, 6.07) is 7.11. The Hall–Kier alpha value is -3.52. The van der Waals surface area contributed by atoms with Gasteiger partial charge in [0.15, 0.2) is 17.1 Å². The van der Waals surface area contributed by atoms with Crippen LogP contribution in [-0.4, -0.2) is 33.9 Å². The SMILES string of the molecule is Cc1cc(-c2cc(C(=O)Nc3cc4c(cc3Cl)OCCCO4)c3cnn(C(C)C)c3n2)c(C)o1. The number of furan rings is 1. The van der Waals surface area contributed by atoms with Crippen LogP contribution >= 0.6 is 11.6 Å². The molecule has 0 bridgehead atoms. The van der Waals surface area contributed by atoms with Crippen molar-refractivity contribution in [1.29, 1.82) is 0 Å². The summed E-state index contributed by atoms with van der Waals surface area (Å²) >= 11 is 6.47. The van der Waals surface area contributed by atoms with Crippen LogP contribution < -0.4 is 14.8 Å². The number of carbonyl (C=O) groups is 1. The minimum atomic E-state index is -0.328. The lowest BCUT2D eigenvalue weighted by Crippen LogP contribution is -2.14. The van der Waals surface area contributed by atoms with E-state index in [0.29, 0.717) is 57.7 Å². The average Bonchev–Trinajstić information content (AvgIpc) is 3.29. The molecule has 9 heteroatoms. The highest BCUT2D eigenvalue weighted by atomic mass is 35.5. The lowest BCUT2D eigenvalue weighted by Gasteiger charge is -2.14. The third kappa shape index (κ3) is 3.98. The van der Waals surface area contributed by atoms with Gasteiger partial charge in [0.05, 0.1) is 46.8 Å². The Labute approximate surface area is 201 Å². The van der Waals surface area contributed by atoms with E-state index >= 15 is 0 Å². The number of benzene rings is 1. The Kier molecular flexibility index (Phi) is 5.69. The lowest BCUT2D eigenvalue weighted by atomic mass is 10.1. The highest BCUT2D eigenvalue weighted by Gasteiger charge is 2.22. The fraction of sp³-hybridized carbons (Fsp3) is 0.320. The topological polar surface area (TPSA) is 91.4 Å². The first-order valence-corrected chi connectivity index (χ1v) is 11.6. The van der Waals surface area contributed by atoms with Crippen LogP contribution in [0.15, 0.2) is 34.9 Å². The number of anilines is 1. The first-order chi connectivity index (χ1) is 16.3. The van der Waals surface area contributed by atoms with Crippen LogP contribution in [0.25, 0.3) is 22.3 Å². The Bertz CT molecular complexity index is 1410. The summed E-state index contributed by atoms with van der Waals surface area (Å²) in [6.45, 7) is 8.89. The quantitative estimate of drug-likeness (QED) is 0.387. The molecular weight excluding hydrogens is 456 g/mol. The summed E-state index contributed by atoms with van der Waals surface area (Å²) in [4.78, 5) is 18.4. The number of nitrogens with zero attached hydrogens (tertiary/aromatic N) is 3. The molecule has 0 saturated heterocycles. The van der Waals surface area contributed by atoms with Gasteiger partial charge in [-0.2, -0.15) is 5.10 Å². The van der Waals surface area contributed by atoms with Crippen molar-refractivity contribution in [3.8, 4) is 22.8 Å². The number of nitrogens with one attached hydrogen (secondary N) is 1. The van der Waals surface area contributed by atoms with Crippen LogP contribution in [0.1, 0.15) is 48.2 Å². The first-order valence-electron chi connectivity index (χ1n) is 11.2. The minimum absolute atomic E-state index is 0.0690. The van der Waals surface area contributed by atoms with E-state index in [9.17, 15) is 4.79 Å². The molecule has 0 aliphatic carbocycles. The fourth-order valence-electron chi connectivity index (χ4n) is 4.08. The fourth-order valence-corrected chi connectivity index (χ4v) is 4.28. The summed E-state index contributed by atoms with van der Waals surface area (Å²) in [7, 11) is 0. The van der Waals surface area contributed by atoms with Gasteiger partial charge in [0.25, 0.3) is 5.91 Å². The third-order valence-electron chi connectivity index (χ3n) is 5.70. The summed E-state index contributed by atoms with van der Waals surface area (Å²) in [5, 5.41) is 8.43. The molecule has 0 atom stereocenters. The molecule has 0 spiro atoms. The van der Waals surface area contributed by atoms with Crippen LogP contribution in [0, 0.1) is 13.8 Å². The van der Waals surface area contributed by atoms with E-state index in [1.165, 1.54) is 0 Å². The number of amides is 1. The highest BCUT2D eigenvalue weighted by Crippen LogP contribution is 2.38. The molecule has 4 heterocycles. The molecular formula is C25H25ClN4O4. The van der Waals surface area contributed by atoms with Gasteiger partial charge >= 0.3 is 0 Å². The van der Waals surface area contributed by atoms with Crippen molar-refractivity contribution in [2.75, 3.05) is 18.5 Å². The predicted molar refractivity (Wildman–Crippen MR) is 130 cm³/mol. The maximum atomic E-state index is 13.5. The largest absolute Gasteiger partial charge is 0.490 e. The highest BCUT2D eigenvalue weighted by molar-refractivity contribution is 6.34. The van der Waals surface area contributed by atoms with Crippen LogP contribution in [0.3, 0.4) is 0 Å². The Morgan fingerprint density at radius 2 is 1.85 bits per heavy atom. The third-order valence-corrected chi connectivity index (χ3v) is 6.02. The number of fused-ring (bicyclic) bond motifs is 2. The summed E-state index contributed by atoms with van der Waals surface area (Å²) in [5.74, 6) is 2.30. The van der Waals surface area contributed by atoms with E-state index in [-0.39, 0.29) is 11.9 Å². The zero-order valence-electron chi connectivity index (χ0n) is 19.4. The number of rotatable bonds is 4. The van der Waals surface area contributed by atoms with Gasteiger partial charge in [-0.15, -0.1) is 0 Å². The van der Waals surface area contributed by atoms with Gasteiger partial charge < -0.3 is 19.2 Å². The van der Waals surface area contributed by atoms with Crippen molar-refractivity contribution in [3.05, 3.63) is 52.6 Å². The molecule has 0 radical (unpaired) electrons. The normalized spacial score (nSPS) is 13.4. The van der Waals surface area contributed by atoms with E-state index in [4.69, 9.17) is 30.5 Å². The zero-order valence-corrected chi connectivity index (χ0v) is 20.2. The predicted octanol–water partition coefficient (Wildman–Crippen LogP) is 5.96. The summed E-state index contributed by atoms with van der Waals surface area (Å²) in [5.41, 5.74) is 2.97. The van der Waals surface area contributed by atoms with Crippen molar-refractivity contribution in [2.45, 2.75) is 40.2 Å². The molecule has 8 nitrogen and oxygen atoms in total. The molecule has 4 aromatic rings. The standard InChI is InChI=1S/C25H25ClN4O4/c1-13(2)30-24-18(12-27-30)17(9-20(28-24)16-8-14(3)34-15(16)4)25(31)29-21-11-23-22(10-19(21)26)32-6-5-7-33-23/h8-13H,5-7H2,1-4H3,(H,29,31). The number of aromatic nitrogens is 3. The van der Waals surface area contributed by atoms with E-state index in [1.54, 1.807) is 29.1 Å². The van der Waals surface area contributed by atoms with E-state index in [2.05, 4.69) is 10.4 Å². The van der Waals surface area contributed by atoms with E-state index in [0.717, 1.165) is 23.5 Å². The molecule has 1 aliphatic rings. The van der Waals surface area contributed by atoms with Gasteiger partial charge in [-0.1, -0.05) is 11.6 Å². The molecule has 3 aromatic heterocycles. The number of hydrogen-bond donors (Lipinski definition) is 1. The molecule has 1 amide bonds. The molecule has 0 saturated carbocycles. The number of pyridine rings is 1. The van der Waals surface area contributed by atoms with Crippen LogP contribution in [0.4, 0.5) is 5.69 Å². The van der Waals surface area contributed by atoms with Crippen LogP contribution in [-0.2, 0) is 0 Å². The molecule has 1 aromatic carbocycles. The molecule has 176 valence electrons. The number of ether oxygens (including phenoxy) is 2. The zero-order chi connectivity index (χ0) is 24.0. The van der Waals surface area contributed by atoms with Crippen molar-refractivity contribution in [1.82, 2.24) is 14.8 Å². The lowest BCUT2D eigenvalue weighted by molar-refractivity contribution is 0.102. The minimum Gasteiger partial charge on any atom is -0.490 e. The molecule has 5 rings (SSSR count). The molecule has 1 aliphatic heterocycles. The smallest absolute Gasteiger partial charge is 0.256 e. The van der Waals surface area contributed by atoms with Crippen molar-refractivity contribution >= 4 is 34.2 Å². The van der Waals surface area contributed by atoms with Crippen molar-refractivity contribution in [2.24, 2.45) is 0 Å². The van der Waals surface area contributed by atoms with Crippen LogP contribution in [0.5, 0.6) is 11.5 Å². The Morgan fingerprint density at radius 3 is 2.53 bits per heavy atom. The Morgan fingerprint density at radius 1 is 1.12 bits per heavy atom. The first kappa shape index (κ1) is 22.3. The van der Waals surface area contributed by atoms with Gasteiger partial charge in [0, 0.05) is 30.2 Å². The molecule has 34 heavy (non-hydrogen) atoms. The van der Waals surface area contributed by atoms with Crippen LogP contribution in [0.2, 0.25) is 5.02 Å². The van der Waals surface area contributed by atoms with Gasteiger partial charge in [0.2, 0.25) is 0 Å². The number of carbonyl (C=O) groups excluding carboxylic acids is 1. The monoisotopic (exact) mass is 480 g/mol. The van der Waals surface area contributed by atoms with E-state index in [1.807, 2.05) is 33.8 Å². The maximum absolute atomic E-state index is 13.5. The number of hydrogen-bond acceptors (Lipinski definition) is 6. The average molecular weight is 481 g/mol. The second-order valence-corrected chi connectivity index (χ2v) is 8.99. The van der Waals surface area contributed by atoms with Gasteiger partial charge in [-0.25, -0.2) is 9.67 Å². The summed E-state index contributed by atoms with van der Waals surface area (Å²) in [6.07, 6.45) is 2.45. The molecule has 1 N–H and O–H groups in total. The molecule has 0 fully saturated rings. The van der Waals surface area contributed by atoms with Crippen molar-refractivity contribution < 1.29 is 18.7 Å². The molecule has 0 unspecified atom stereocenters. The van der Waals surface area contributed by atoms with Gasteiger partial charge in [-0.3, -0.25) is 4.79 Å². The second kappa shape index (κ2) is 8.68. The number of halogens is 1. The second-order valence-electron chi connectivity index (χ2n) is 8.59. The van der Waals surface area contributed by atoms with Gasteiger partial charge in [0.1, 0.15) is 11.5 Å².